The predicted octanol–water partition coefficient (Wildman–Crippen LogP) is 2.79. The molecule has 2 aliphatic rings. The third-order valence-corrected chi connectivity index (χ3v) is 6.48. The van der Waals surface area contributed by atoms with E-state index in [0.717, 1.165) is 28.1 Å². The predicted molar refractivity (Wildman–Crippen MR) is 107 cm³/mol. The zero-order valence-electron chi connectivity index (χ0n) is 16.1. The first kappa shape index (κ1) is 19.0. The first-order valence-electron chi connectivity index (χ1n) is 9.55. The number of nitrogens with one attached hydrogen (secondary N) is 1. The molecule has 1 N–H and O–H groups in total. The standard InChI is InChI=1S/C21H24N2O4S/c1-14(2)27-18-6-3-15(4-7-18)13-22-28(25,26)19-11-16-5-8-20(24)23-10-9-17(12-19)21(16)23/h3-4,6-7,11-12,14,22H,5,8-10,13H2,1-2H3. The van der Waals surface area contributed by atoms with Crippen LogP contribution in [0.15, 0.2) is 41.3 Å². The zero-order valence-corrected chi connectivity index (χ0v) is 16.9. The van der Waals surface area contributed by atoms with E-state index in [1.165, 1.54) is 0 Å². The Balaban J connectivity index is 1.51. The molecule has 0 fully saturated rings. The van der Waals surface area contributed by atoms with E-state index >= 15 is 0 Å². The molecule has 28 heavy (non-hydrogen) atoms. The number of aryl methyl sites for hydroxylation is 1. The van der Waals surface area contributed by atoms with Crippen LogP contribution >= 0.6 is 0 Å². The molecule has 0 radical (unpaired) electrons. The molecule has 2 heterocycles. The van der Waals surface area contributed by atoms with Crippen LogP contribution in [0.3, 0.4) is 0 Å². The molecule has 2 aromatic rings. The van der Waals surface area contributed by atoms with Gasteiger partial charge in [-0.1, -0.05) is 12.1 Å². The number of anilines is 1. The third-order valence-electron chi connectivity index (χ3n) is 5.10. The highest BCUT2D eigenvalue weighted by Gasteiger charge is 2.32. The van der Waals surface area contributed by atoms with E-state index < -0.39 is 10.0 Å². The molecule has 4 rings (SSSR count). The third kappa shape index (κ3) is 3.64. The van der Waals surface area contributed by atoms with E-state index in [-0.39, 0.29) is 23.5 Å². The molecule has 0 unspecified atom stereocenters. The van der Waals surface area contributed by atoms with Crippen LogP contribution in [0.4, 0.5) is 5.69 Å². The number of hydrogen-bond donors (Lipinski definition) is 1. The number of sulfonamides is 1. The van der Waals surface area contributed by atoms with Gasteiger partial charge in [-0.15, -0.1) is 0 Å². The summed E-state index contributed by atoms with van der Waals surface area (Å²) >= 11 is 0. The van der Waals surface area contributed by atoms with Crippen molar-refractivity contribution in [3.63, 3.8) is 0 Å². The molecule has 6 nitrogen and oxygen atoms in total. The molecular formula is C21H24N2O4S. The molecule has 0 aliphatic carbocycles. The molecule has 2 aliphatic heterocycles. The summed E-state index contributed by atoms with van der Waals surface area (Å²) in [6, 6.07) is 10.8. The van der Waals surface area contributed by atoms with E-state index in [2.05, 4.69) is 4.72 Å². The lowest BCUT2D eigenvalue weighted by atomic mass is 10.00. The Bertz CT molecular complexity index is 1010. The fourth-order valence-electron chi connectivity index (χ4n) is 3.80. The van der Waals surface area contributed by atoms with Crippen molar-refractivity contribution in [2.24, 2.45) is 0 Å². The molecule has 0 aromatic heterocycles. The van der Waals surface area contributed by atoms with E-state index in [4.69, 9.17) is 4.74 Å². The van der Waals surface area contributed by atoms with Crippen molar-refractivity contribution in [1.82, 2.24) is 4.72 Å². The number of rotatable bonds is 6. The lowest BCUT2D eigenvalue weighted by Gasteiger charge is -2.25. The van der Waals surface area contributed by atoms with Gasteiger partial charge in [0.2, 0.25) is 15.9 Å². The van der Waals surface area contributed by atoms with Crippen LogP contribution in [0.1, 0.15) is 37.0 Å². The smallest absolute Gasteiger partial charge is 0.240 e. The number of carbonyl (C=O) groups is 1. The maximum absolute atomic E-state index is 12.8. The number of hydrogen-bond acceptors (Lipinski definition) is 4. The number of carbonyl (C=O) groups excluding carboxylic acids is 1. The SMILES string of the molecule is CC(C)Oc1ccc(CNS(=O)(=O)c2cc3c4c(c2)CCN4C(=O)CC3)cc1. The quantitative estimate of drug-likeness (QED) is 0.809. The van der Waals surface area contributed by atoms with Gasteiger partial charge < -0.3 is 9.64 Å². The Labute approximate surface area is 165 Å². The summed E-state index contributed by atoms with van der Waals surface area (Å²) in [6.07, 6.45) is 1.83. The Morgan fingerprint density at radius 2 is 1.75 bits per heavy atom. The fourth-order valence-corrected chi connectivity index (χ4v) is 4.92. The van der Waals surface area contributed by atoms with Gasteiger partial charge in [0.15, 0.2) is 0 Å². The molecule has 0 saturated heterocycles. The largest absolute Gasteiger partial charge is 0.491 e. The van der Waals surface area contributed by atoms with Crippen molar-refractivity contribution >= 4 is 21.6 Å². The number of ether oxygens (including phenoxy) is 1. The maximum Gasteiger partial charge on any atom is 0.240 e. The summed E-state index contributed by atoms with van der Waals surface area (Å²) in [5.41, 5.74) is 3.68. The Morgan fingerprint density at radius 1 is 1.07 bits per heavy atom. The lowest BCUT2D eigenvalue weighted by Crippen LogP contribution is -2.33. The van der Waals surface area contributed by atoms with Gasteiger partial charge in [0.1, 0.15) is 5.75 Å². The van der Waals surface area contributed by atoms with Crippen LogP contribution in [-0.4, -0.2) is 27.0 Å². The summed E-state index contributed by atoms with van der Waals surface area (Å²) < 4.78 is 34.0. The lowest BCUT2D eigenvalue weighted by molar-refractivity contribution is -0.118. The monoisotopic (exact) mass is 400 g/mol. The first-order chi connectivity index (χ1) is 13.3. The van der Waals surface area contributed by atoms with Crippen molar-refractivity contribution in [2.45, 2.75) is 50.7 Å². The average molecular weight is 401 g/mol. The normalized spacial score (nSPS) is 15.8. The van der Waals surface area contributed by atoms with Crippen molar-refractivity contribution in [2.75, 3.05) is 11.4 Å². The van der Waals surface area contributed by atoms with Crippen molar-refractivity contribution in [3.8, 4) is 5.75 Å². The van der Waals surface area contributed by atoms with Crippen LogP contribution in [0.5, 0.6) is 5.75 Å². The van der Waals surface area contributed by atoms with Crippen molar-refractivity contribution in [3.05, 3.63) is 53.1 Å². The molecule has 0 bridgehead atoms. The summed E-state index contributed by atoms with van der Waals surface area (Å²) in [4.78, 5) is 14.1. The number of benzene rings is 2. The average Bonchev–Trinajstić information content (AvgIpc) is 3.09. The van der Waals surface area contributed by atoms with E-state index in [1.54, 1.807) is 17.0 Å². The van der Waals surface area contributed by atoms with Crippen molar-refractivity contribution < 1.29 is 17.9 Å². The van der Waals surface area contributed by atoms with Crippen LogP contribution < -0.4 is 14.4 Å². The summed E-state index contributed by atoms with van der Waals surface area (Å²) in [5, 5.41) is 0. The van der Waals surface area contributed by atoms with Crippen LogP contribution in [0, 0.1) is 0 Å². The van der Waals surface area contributed by atoms with Gasteiger partial charge in [-0.3, -0.25) is 4.79 Å². The molecule has 0 spiro atoms. The molecule has 7 heteroatoms. The summed E-state index contributed by atoms with van der Waals surface area (Å²) in [7, 11) is -3.63. The first-order valence-corrected chi connectivity index (χ1v) is 11.0. The minimum absolute atomic E-state index is 0.0939. The Kier molecular flexibility index (Phi) is 4.89. The summed E-state index contributed by atoms with van der Waals surface area (Å²) in [6.45, 7) is 4.77. The Hall–Kier alpha value is -2.38. The number of nitrogens with zero attached hydrogens (tertiary/aromatic N) is 1. The van der Waals surface area contributed by atoms with Gasteiger partial charge in [-0.25, -0.2) is 13.1 Å². The molecule has 148 valence electrons. The van der Waals surface area contributed by atoms with Crippen LogP contribution in [0.2, 0.25) is 0 Å². The maximum atomic E-state index is 12.8. The number of amides is 1. The second kappa shape index (κ2) is 7.22. The molecular weight excluding hydrogens is 376 g/mol. The van der Waals surface area contributed by atoms with Gasteiger partial charge in [0.05, 0.1) is 16.7 Å². The highest BCUT2D eigenvalue weighted by Crippen LogP contribution is 2.38. The van der Waals surface area contributed by atoms with E-state index in [1.807, 2.05) is 38.1 Å². The second-order valence-electron chi connectivity index (χ2n) is 7.52. The van der Waals surface area contributed by atoms with Crippen molar-refractivity contribution in [1.29, 1.82) is 0 Å². The van der Waals surface area contributed by atoms with E-state index in [0.29, 0.717) is 25.8 Å². The minimum atomic E-state index is -3.63. The van der Waals surface area contributed by atoms with Crippen LogP contribution in [0.25, 0.3) is 0 Å². The Morgan fingerprint density at radius 3 is 2.43 bits per heavy atom. The van der Waals surface area contributed by atoms with Gasteiger partial charge in [-0.05, 0) is 67.6 Å². The fraction of sp³-hybridized carbons (Fsp3) is 0.381. The summed E-state index contributed by atoms with van der Waals surface area (Å²) in [5.74, 6) is 0.892. The van der Waals surface area contributed by atoms with Gasteiger partial charge in [0, 0.05) is 19.5 Å². The highest BCUT2D eigenvalue weighted by atomic mass is 32.2. The molecule has 1 amide bonds. The second-order valence-corrected chi connectivity index (χ2v) is 9.29. The topological polar surface area (TPSA) is 75.7 Å². The van der Waals surface area contributed by atoms with Gasteiger partial charge in [-0.2, -0.15) is 0 Å². The van der Waals surface area contributed by atoms with Gasteiger partial charge in [0.25, 0.3) is 0 Å². The van der Waals surface area contributed by atoms with Gasteiger partial charge >= 0.3 is 0 Å². The van der Waals surface area contributed by atoms with Crippen LogP contribution in [-0.2, 0) is 34.2 Å². The van der Waals surface area contributed by atoms with E-state index in [9.17, 15) is 13.2 Å². The highest BCUT2D eigenvalue weighted by molar-refractivity contribution is 7.89. The zero-order chi connectivity index (χ0) is 19.9. The molecule has 2 aromatic carbocycles. The minimum Gasteiger partial charge on any atom is -0.491 e. The molecule has 0 saturated carbocycles. The molecule has 0 atom stereocenters.